The highest BCUT2D eigenvalue weighted by Crippen LogP contribution is 2.17. The Morgan fingerprint density at radius 3 is 2.45 bits per heavy atom. The van der Waals surface area contributed by atoms with Crippen molar-refractivity contribution in [2.24, 2.45) is 0 Å². The monoisotopic (exact) mass is 168 g/mol. The fraction of sp³-hybridized carbons (Fsp3) is 0.250. The number of benzene rings is 1. The Morgan fingerprint density at radius 1 is 1.36 bits per heavy atom. The predicted molar refractivity (Wildman–Crippen MR) is 40.6 cm³/mol. The molecule has 0 unspecified atom stereocenters. The van der Waals surface area contributed by atoms with Crippen LogP contribution in [-0.2, 0) is 6.42 Å². The van der Waals surface area contributed by atoms with Gasteiger partial charge in [0.15, 0.2) is 4.98 Å². The summed E-state index contributed by atoms with van der Waals surface area (Å²) in [6.07, 6.45) is 0.903. The van der Waals surface area contributed by atoms with Crippen molar-refractivity contribution >= 4 is 5.69 Å². The second kappa shape index (κ2) is 4.70. The zero-order chi connectivity index (χ0) is 7.40. The third kappa shape index (κ3) is 2.21. The van der Waals surface area contributed by atoms with Crippen molar-refractivity contribution in [2.75, 3.05) is 0 Å². The minimum Gasteiger partial charge on any atom is -1.00 e. The molecule has 0 N–H and O–H groups in total. The van der Waals surface area contributed by atoms with Crippen LogP contribution in [0.25, 0.3) is 4.98 Å². The van der Waals surface area contributed by atoms with Crippen molar-refractivity contribution in [2.45, 2.75) is 13.3 Å². The lowest BCUT2D eigenvalue weighted by atomic mass is 10.1. The van der Waals surface area contributed by atoms with E-state index in [4.69, 9.17) is 5.39 Å². The number of hydrogen-bond donors (Lipinski definition) is 0. The second-order valence-electron chi connectivity index (χ2n) is 2.08. The van der Waals surface area contributed by atoms with E-state index in [1.807, 2.05) is 25.1 Å². The van der Waals surface area contributed by atoms with Gasteiger partial charge in [-0.25, -0.2) is 0 Å². The highest BCUT2D eigenvalue weighted by Gasteiger charge is 2.08. The first-order chi connectivity index (χ1) is 4.88. The Hall–Kier alpha value is -1.07. The molecule has 0 heterocycles. The van der Waals surface area contributed by atoms with E-state index in [-0.39, 0.29) is 12.4 Å². The number of hydrogen-bond acceptors (Lipinski definition) is 1. The van der Waals surface area contributed by atoms with E-state index in [0.717, 1.165) is 12.0 Å². The standard InChI is InChI=1S/C8H9N2.ClH/c1-2-7-5-3-4-6-8(7)10-9;/h3-6H,2H2,1H3;1H/q+1;/p-1. The van der Waals surface area contributed by atoms with Crippen LogP contribution in [0.4, 0.5) is 5.69 Å². The van der Waals surface area contributed by atoms with Crippen LogP contribution >= 0.6 is 0 Å². The zero-order valence-corrected chi connectivity index (χ0v) is 7.04. The van der Waals surface area contributed by atoms with Gasteiger partial charge in [-0.2, -0.15) is 0 Å². The molecule has 0 fully saturated rings. The molecule has 0 aliphatic heterocycles. The molecular weight excluding hydrogens is 160 g/mol. The number of diazo groups is 1. The summed E-state index contributed by atoms with van der Waals surface area (Å²) in [6.45, 7) is 2.03. The van der Waals surface area contributed by atoms with Gasteiger partial charge in [0, 0.05) is 11.6 Å². The van der Waals surface area contributed by atoms with Crippen LogP contribution in [0.3, 0.4) is 0 Å². The van der Waals surface area contributed by atoms with Crippen molar-refractivity contribution < 1.29 is 12.4 Å². The van der Waals surface area contributed by atoms with E-state index >= 15 is 0 Å². The number of halogens is 1. The highest BCUT2D eigenvalue weighted by atomic mass is 35.5. The fourth-order valence-corrected chi connectivity index (χ4v) is 0.907. The molecule has 1 rings (SSSR count). The van der Waals surface area contributed by atoms with Gasteiger partial charge in [-0.05, 0) is 6.42 Å². The maximum absolute atomic E-state index is 8.47. The van der Waals surface area contributed by atoms with E-state index in [9.17, 15) is 0 Å². The van der Waals surface area contributed by atoms with Crippen molar-refractivity contribution in [3.05, 3.63) is 34.8 Å². The average molecular weight is 169 g/mol. The van der Waals surface area contributed by atoms with Crippen LogP contribution in [0.1, 0.15) is 12.5 Å². The molecule has 0 saturated heterocycles. The molecular formula is C8H9ClN2. The van der Waals surface area contributed by atoms with E-state index < -0.39 is 0 Å². The first-order valence-electron chi connectivity index (χ1n) is 3.31. The van der Waals surface area contributed by atoms with Crippen LogP contribution in [0, 0.1) is 5.39 Å². The molecule has 0 aliphatic carbocycles. The first-order valence-corrected chi connectivity index (χ1v) is 3.31. The van der Waals surface area contributed by atoms with Gasteiger partial charge in [0.2, 0.25) is 5.39 Å². The van der Waals surface area contributed by atoms with Crippen molar-refractivity contribution in [3.63, 3.8) is 0 Å². The molecule has 1 aromatic rings. The summed E-state index contributed by atoms with van der Waals surface area (Å²) < 4.78 is 0. The van der Waals surface area contributed by atoms with Gasteiger partial charge < -0.3 is 12.4 Å². The van der Waals surface area contributed by atoms with Crippen LogP contribution in [0.2, 0.25) is 0 Å². The lowest BCUT2D eigenvalue weighted by Crippen LogP contribution is -3.00. The molecule has 58 valence electrons. The Balaban J connectivity index is 0.000001000. The number of aryl methyl sites for hydroxylation is 1. The molecule has 0 atom stereocenters. The summed E-state index contributed by atoms with van der Waals surface area (Å²) in [7, 11) is 0. The number of rotatable bonds is 1. The van der Waals surface area contributed by atoms with Crippen molar-refractivity contribution in [3.8, 4) is 0 Å². The quantitative estimate of drug-likeness (QED) is 0.531. The third-order valence-electron chi connectivity index (χ3n) is 1.48. The topological polar surface area (TPSA) is 28.1 Å². The van der Waals surface area contributed by atoms with Gasteiger partial charge >= 0.3 is 5.69 Å². The van der Waals surface area contributed by atoms with Gasteiger partial charge in [0.1, 0.15) is 0 Å². The number of nitrogens with zero attached hydrogens (tertiary/aromatic N) is 2. The molecule has 2 nitrogen and oxygen atoms in total. The van der Waals surface area contributed by atoms with Gasteiger partial charge in [0.05, 0.1) is 0 Å². The second-order valence-corrected chi connectivity index (χ2v) is 2.08. The zero-order valence-electron chi connectivity index (χ0n) is 6.29. The lowest BCUT2D eigenvalue weighted by Gasteiger charge is -1.87. The largest absolute Gasteiger partial charge is 1.00 e. The molecule has 1 aromatic carbocycles. The molecule has 0 aliphatic rings. The Morgan fingerprint density at radius 2 is 2.00 bits per heavy atom. The van der Waals surface area contributed by atoms with Crippen molar-refractivity contribution in [1.82, 2.24) is 0 Å². The van der Waals surface area contributed by atoms with Crippen LogP contribution < -0.4 is 12.4 Å². The smallest absolute Gasteiger partial charge is 0.388 e. The Bertz CT molecular complexity index is 265. The Labute approximate surface area is 72.3 Å². The molecule has 0 spiro atoms. The minimum atomic E-state index is 0. The van der Waals surface area contributed by atoms with Crippen LogP contribution in [-0.4, -0.2) is 0 Å². The highest BCUT2D eigenvalue weighted by molar-refractivity contribution is 5.51. The summed E-state index contributed by atoms with van der Waals surface area (Å²) in [6, 6.07) is 7.54. The van der Waals surface area contributed by atoms with Crippen LogP contribution in [0.5, 0.6) is 0 Å². The van der Waals surface area contributed by atoms with Gasteiger partial charge in [0.25, 0.3) is 0 Å². The maximum atomic E-state index is 8.47. The van der Waals surface area contributed by atoms with E-state index in [2.05, 4.69) is 4.98 Å². The van der Waals surface area contributed by atoms with Gasteiger partial charge in [-0.15, -0.1) is 0 Å². The molecule has 3 heteroatoms. The summed E-state index contributed by atoms with van der Waals surface area (Å²) in [5.74, 6) is 0. The van der Waals surface area contributed by atoms with E-state index in [1.165, 1.54) is 0 Å². The lowest BCUT2D eigenvalue weighted by molar-refractivity contribution is -0.00000232. The molecule has 0 radical (unpaired) electrons. The molecule has 0 aromatic heterocycles. The predicted octanol–water partition coefficient (Wildman–Crippen LogP) is -0.262. The van der Waals surface area contributed by atoms with E-state index in [1.54, 1.807) is 6.07 Å². The van der Waals surface area contributed by atoms with Crippen LogP contribution in [0.15, 0.2) is 24.3 Å². The summed E-state index contributed by atoms with van der Waals surface area (Å²) in [5, 5.41) is 8.47. The summed E-state index contributed by atoms with van der Waals surface area (Å²) >= 11 is 0. The summed E-state index contributed by atoms with van der Waals surface area (Å²) in [5.41, 5.74) is 1.75. The maximum Gasteiger partial charge on any atom is 0.388 e. The average Bonchev–Trinajstić information content (AvgIpc) is 2.04. The molecule has 11 heavy (non-hydrogen) atoms. The van der Waals surface area contributed by atoms with Crippen molar-refractivity contribution in [1.29, 1.82) is 5.39 Å². The van der Waals surface area contributed by atoms with E-state index in [0.29, 0.717) is 5.69 Å². The summed E-state index contributed by atoms with van der Waals surface area (Å²) in [4.78, 5) is 3.14. The molecule has 0 amide bonds. The fourth-order valence-electron chi connectivity index (χ4n) is 0.907. The SMILES string of the molecule is CCc1ccccc1[N+]#N.[Cl-]. The Kier molecular flexibility index (Phi) is 4.24. The molecule has 0 saturated carbocycles. The molecule has 0 bridgehead atoms. The van der Waals surface area contributed by atoms with Gasteiger partial charge in [-0.3, -0.25) is 0 Å². The van der Waals surface area contributed by atoms with Gasteiger partial charge in [-0.1, -0.05) is 25.1 Å². The normalized spacial score (nSPS) is 8.00. The first kappa shape index (κ1) is 9.93. The minimum absolute atomic E-state index is 0. The third-order valence-corrected chi connectivity index (χ3v) is 1.48.